The van der Waals surface area contributed by atoms with Crippen molar-refractivity contribution in [3.63, 3.8) is 0 Å². The number of anilines is 2. The minimum Gasteiger partial charge on any atom is -0.444 e. The summed E-state index contributed by atoms with van der Waals surface area (Å²) in [5.74, 6) is 0.625. The fourth-order valence-corrected chi connectivity index (χ4v) is 4.27. The number of nitrogens with one attached hydrogen (secondary N) is 1. The number of carbonyl (C=O) groups is 1. The quantitative estimate of drug-likeness (QED) is 0.423. The highest BCUT2D eigenvalue weighted by atomic mass is 79.9. The summed E-state index contributed by atoms with van der Waals surface area (Å²) in [5.41, 5.74) is 1.96. The number of benzene rings is 1. The molecule has 1 unspecified atom stereocenters. The standard InChI is InChI=1S/C23H24BrClN4O2/c1-23(2,3)31-22(30)29-11-5-8-18(29)15-12-14-9-10-26-21(20(14)27-13-15)28-17-7-4-6-16(24)19(17)25/h4,6-7,9-10,12-13,18H,5,8,11H2,1-3H3,(H,26,28). The lowest BCUT2D eigenvalue weighted by Crippen LogP contribution is -2.36. The Hall–Kier alpha value is -2.38. The minimum atomic E-state index is -0.522. The summed E-state index contributed by atoms with van der Waals surface area (Å²) in [5, 5.41) is 4.80. The third-order valence-electron chi connectivity index (χ3n) is 5.09. The van der Waals surface area contributed by atoms with E-state index >= 15 is 0 Å². The number of pyridine rings is 2. The van der Waals surface area contributed by atoms with E-state index < -0.39 is 5.60 Å². The van der Waals surface area contributed by atoms with Crippen LogP contribution < -0.4 is 5.32 Å². The number of fused-ring (bicyclic) bond motifs is 1. The maximum atomic E-state index is 12.7. The fourth-order valence-electron chi connectivity index (χ4n) is 3.73. The van der Waals surface area contributed by atoms with E-state index in [1.807, 2.05) is 51.2 Å². The van der Waals surface area contributed by atoms with Crippen LogP contribution in [-0.4, -0.2) is 33.1 Å². The SMILES string of the molecule is CC(C)(C)OC(=O)N1CCCC1c1cnc2c(Nc3cccc(Br)c3Cl)nccc2c1. The molecular formula is C23H24BrClN4O2. The van der Waals surface area contributed by atoms with Crippen molar-refractivity contribution in [2.24, 2.45) is 0 Å². The van der Waals surface area contributed by atoms with Gasteiger partial charge in [-0.2, -0.15) is 0 Å². The molecule has 0 radical (unpaired) electrons. The average molecular weight is 504 g/mol. The van der Waals surface area contributed by atoms with Crippen molar-refractivity contribution >= 4 is 56.0 Å². The van der Waals surface area contributed by atoms with Crippen LogP contribution in [0.1, 0.15) is 45.2 Å². The average Bonchev–Trinajstić information content (AvgIpc) is 3.20. The molecule has 6 nitrogen and oxygen atoms in total. The van der Waals surface area contributed by atoms with Crippen LogP contribution >= 0.6 is 27.5 Å². The predicted octanol–water partition coefficient (Wildman–Crippen LogP) is 6.86. The largest absolute Gasteiger partial charge is 0.444 e. The molecule has 162 valence electrons. The maximum absolute atomic E-state index is 12.7. The van der Waals surface area contributed by atoms with Gasteiger partial charge in [0.2, 0.25) is 0 Å². The van der Waals surface area contributed by atoms with Gasteiger partial charge in [-0.05, 0) is 79.4 Å². The van der Waals surface area contributed by atoms with E-state index in [1.54, 1.807) is 11.1 Å². The van der Waals surface area contributed by atoms with Gasteiger partial charge in [-0.15, -0.1) is 0 Å². The first-order chi connectivity index (χ1) is 14.7. The van der Waals surface area contributed by atoms with Crippen molar-refractivity contribution in [1.82, 2.24) is 14.9 Å². The van der Waals surface area contributed by atoms with Crippen molar-refractivity contribution in [2.75, 3.05) is 11.9 Å². The van der Waals surface area contributed by atoms with Crippen molar-refractivity contribution in [3.8, 4) is 0 Å². The first kappa shape index (κ1) is 21.8. The van der Waals surface area contributed by atoms with Crippen molar-refractivity contribution in [2.45, 2.75) is 45.3 Å². The molecule has 2 aromatic heterocycles. The van der Waals surface area contributed by atoms with Crippen LogP contribution in [0.15, 0.2) is 47.2 Å². The fraction of sp³-hybridized carbons (Fsp3) is 0.348. The van der Waals surface area contributed by atoms with E-state index in [0.717, 1.165) is 39.5 Å². The summed E-state index contributed by atoms with van der Waals surface area (Å²) in [6, 6.07) is 9.62. The van der Waals surface area contributed by atoms with Crippen molar-refractivity contribution in [1.29, 1.82) is 0 Å². The topological polar surface area (TPSA) is 67.3 Å². The molecular weight excluding hydrogens is 480 g/mol. The maximum Gasteiger partial charge on any atom is 0.410 e. The molecule has 8 heteroatoms. The van der Waals surface area contributed by atoms with Gasteiger partial charge in [-0.3, -0.25) is 4.98 Å². The lowest BCUT2D eigenvalue weighted by molar-refractivity contribution is 0.0224. The molecule has 1 fully saturated rings. The lowest BCUT2D eigenvalue weighted by atomic mass is 10.0. The number of hydrogen-bond donors (Lipinski definition) is 1. The number of nitrogens with zero attached hydrogens (tertiary/aromatic N) is 3. The molecule has 1 amide bonds. The van der Waals surface area contributed by atoms with Crippen LogP contribution in [0.2, 0.25) is 5.02 Å². The van der Waals surface area contributed by atoms with Gasteiger partial charge in [0.25, 0.3) is 0 Å². The Morgan fingerprint density at radius 1 is 1.29 bits per heavy atom. The van der Waals surface area contributed by atoms with Crippen LogP contribution in [0.4, 0.5) is 16.3 Å². The van der Waals surface area contributed by atoms with E-state index in [-0.39, 0.29) is 12.1 Å². The zero-order chi connectivity index (χ0) is 22.2. The molecule has 4 rings (SSSR count). The van der Waals surface area contributed by atoms with E-state index in [0.29, 0.717) is 17.4 Å². The molecule has 3 heterocycles. The second-order valence-electron chi connectivity index (χ2n) is 8.56. The molecule has 3 aromatic rings. The van der Waals surface area contributed by atoms with Gasteiger partial charge in [-0.25, -0.2) is 9.78 Å². The summed E-state index contributed by atoms with van der Waals surface area (Å²) in [4.78, 5) is 23.6. The van der Waals surface area contributed by atoms with Crippen molar-refractivity contribution < 1.29 is 9.53 Å². The Bertz CT molecular complexity index is 1130. The van der Waals surface area contributed by atoms with Crippen LogP contribution in [-0.2, 0) is 4.74 Å². The number of rotatable bonds is 3. The number of halogens is 2. The van der Waals surface area contributed by atoms with Gasteiger partial charge >= 0.3 is 6.09 Å². The van der Waals surface area contributed by atoms with Crippen LogP contribution in [0.25, 0.3) is 10.9 Å². The summed E-state index contributed by atoms with van der Waals surface area (Å²) in [6.45, 7) is 6.33. The number of aromatic nitrogens is 2. The number of amides is 1. The Morgan fingerprint density at radius 2 is 2.10 bits per heavy atom. The Kier molecular flexibility index (Phi) is 6.08. The monoisotopic (exact) mass is 502 g/mol. The second-order valence-corrected chi connectivity index (χ2v) is 9.79. The second kappa shape index (κ2) is 8.63. The van der Waals surface area contributed by atoms with E-state index in [4.69, 9.17) is 16.3 Å². The number of carbonyl (C=O) groups excluding carboxylic acids is 1. The molecule has 1 saturated heterocycles. The third-order valence-corrected chi connectivity index (χ3v) is 6.39. The highest BCUT2D eigenvalue weighted by Crippen LogP contribution is 2.36. The zero-order valence-electron chi connectivity index (χ0n) is 17.7. The highest BCUT2D eigenvalue weighted by Gasteiger charge is 2.33. The van der Waals surface area contributed by atoms with E-state index in [2.05, 4.69) is 37.3 Å². The summed E-state index contributed by atoms with van der Waals surface area (Å²) < 4.78 is 6.40. The number of hydrogen-bond acceptors (Lipinski definition) is 5. The Morgan fingerprint density at radius 3 is 2.87 bits per heavy atom. The number of likely N-dealkylation sites (tertiary alicyclic amines) is 1. The molecule has 1 aromatic carbocycles. The van der Waals surface area contributed by atoms with Gasteiger partial charge in [0.05, 0.1) is 16.8 Å². The van der Waals surface area contributed by atoms with Crippen LogP contribution in [0.3, 0.4) is 0 Å². The van der Waals surface area contributed by atoms with E-state index in [1.165, 1.54) is 0 Å². The summed E-state index contributed by atoms with van der Waals surface area (Å²) in [7, 11) is 0. The van der Waals surface area contributed by atoms with Crippen molar-refractivity contribution in [3.05, 3.63) is 57.8 Å². The summed E-state index contributed by atoms with van der Waals surface area (Å²) >= 11 is 9.83. The van der Waals surface area contributed by atoms with Gasteiger partial charge in [0.1, 0.15) is 11.1 Å². The normalized spacial score (nSPS) is 16.5. The minimum absolute atomic E-state index is 0.0455. The molecule has 1 atom stereocenters. The van der Waals surface area contributed by atoms with Gasteiger partial charge < -0.3 is 15.0 Å². The molecule has 0 aliphatic carbocycles. The Balaban J connectivity index is 1.63. The van der Waals surface area contributed by atoms with Gasteiger partial charge in [0, 0.05) is 28.8 Å². The molecule has 0 saturated carbocycles. The smallest absolute Gasteiger partial charge is 0.410 e. The lowest BCUT2D eigenvalue weighted by Gasteiger charge is -2.28. The molecule has 1 aliphatic heterocycles. The molecule has 1 aliphatic rings. The van der Waals surface area contributed by atoms with Gasteiger partial charge in [-0.1, -0.05) is 17.7 Å². The van der Waals surface area contributed by atoms with Crippen LogP contribution in [0, 0.1) is 0 Å². The third kappa shape index (κ3) is 4.77. The Labute approximate surface area is 195 Å². The molecule has 1 N–H and O–H groups in total. The first-order valence-electron chi connectivity index (χ1n) is 10.2. The highest BCUT2D eigenvalue weighted by molar-refractivity contribution is 9.10. The molecule has 0 spiro atoms. The first-order valence-corrected chi connectivity index (χ1v) is 11.4. The predicted molar refractivity (Wildman–Crippen MR) is 127 cm³/mol. The number of ether oxygens (including phenoxy) is 1. The summed E-state index contributed by atoms with van der Waals surface area (Å²) in [6.07, 6.45) is 5.10. The molecule has 31 heavy (non-hydrogen) atoms. The molecule has 0 bridgehead atoms. The van der Waals surface area contributed by atoms with E-state index in [9.17, 15) is 4.79 Å². The van der Waals surface area contributed by atoms with Crippen LogP contribution in [0.5, 0.6) is 0 Å². The van der Waals surface area contributed by atoms with Gasteiger partial charge in [0.15, 0.2) is 5.82 Å². The zero-order valence-corrected chi connectivity index (χ0v) is 20.0.